The minimum atomic E-state index is -0.218. The summed E-state index contributed by atoms with van der Waals surface area (Å²) in [5.41, 5.74) is 2.92. The molecule has 0 unspecified atom stereocenters. The molecule has 5 rings (SSSR count). The van der Waals surface area contributed by atoms with E-state index in [4.69, 9.17) is 11.6 Å². The third-order valence-corrected chi connectivity index (χ3v) is 6.43. The van der Waals surface area contributed by atoms with E-state index < -0.39 is 0 Å². The summed E-state index contributed by atoms with van der Waals surface area (Å²) in [5, 5.41) is 7.55. The average Bonchev–Trinajstić information content (AvgIpc) is 3.52. The number of pyridine rings is 1. The fourth-order valence-corrected chi connectivity index (χ4v) is 4.39. The van der Waals surface area contributed by atoms with Crippen LogP contribution in [0.4, 0.5) is 11.4 Å². The molecular weight excluding hydrogens is 444 g/mol. The molecule has 160 valence electrons. The van der Waals surface area contributed by atoms with E-state index in [2.05, 4.69) is 20.6 Å². The fourth-order valence-electron chi connectivity index (χ4n) is 3.40. The van der Waals surface area contributed by atoms with Crippen molar-refractivity contribution in [1.82, 2.24) is 10.3 Å². The van der Waals surface area contributed by atoms with Crippen molar-refractivity contribution in [2.45, 2.75) is 19.3 Å². The first-order valence-electron chi connectivity index (χ1n) is 10.3. The molecule has 0 bridgehead atoms. The van der Waals surface area contributed by atoms with Crippen molar-refractivity contribution in [3.63, 3.8) is 0 Å². The van der Waals surface area contributed by atoms with E-state index in [0.29, 0.717) is 38.8 Å². The number of rotatable bonds is 5. The van der Waals surface area contributed by atoms with Crippen LogP contribution in [0.1, 0.15) is 24.8 Å². The third-order valence-electron chi connectivity index (χ3n) is 5.20. The Labute approximate surface area is 194 Å². The van der Waals surface area contributed by atoms with Crippen LogP contribution in [0.15, 0.2) is 64.6 Å². The number of amidine groups is 1. The number of carbonyl (C=O) groups is 2. The molecule has 2 aliphatic rings. The molecule has 1 saturated carbocycles. The van der Waals surface area contributed by atoms with Gasteiger partial charge in [-0.3, -0.25) is 14.6 Å². The second kappa shape index (κ2) is 8.76. The Bertz CT molecular complexity index is 1300. The molecule has 1 saturated heterocycles. The Morgan fingerprint density at radius 1 is 1.25 bits per heavy atom. The highest BCUT2D eigenvalue weighted by Crippen LogP contribution is 2.34. The molecule has 1 aliphatic heterocycles. The zero-order valence-corrected chi connectivity index (χ0v) is 18.5. The summed E-state index contributed by atoms with van der Waals surface area (Å²) in [4.78, 5) is 33.9. The number of aromatic nitrogens is 1. The number of fused-ring (bicyclic) bond motifs is 1. The summed E-state index contributed by atoms with van der Waals surface area (Å²) < 4.78 is 0. The lowest BCUT2D eigenvalue weighted by Crippen LogP contribution is -2.19. The summed E-state index contributed by atoms with van der Waals surface area (Å²) in [6.45, 7) is 0. The van der Waals surface area contributed by atoms with Crippen LogP contribution < -0.4 is 10.6 Å². The van der Waals surface area contributed by atoms with Crippen LogP contribution in [-0.2, 0) is 9.59 Å². The van der Waals surface area contributed by atoms with Crippen molar-refractivity contribution in [1.29, 1.82) is 0 Å². The van der Waals surface area contributed by atoms with Crippen LogP contribution in [0.5, 0.6) is 0 Å². The molecular formula is C24H19ClN4O2S. The zero-order chi connectivity index (χ0) is 22.1. The smallest absolute Gasteiger partial charge is 0.264 e. The molecule has 0 radical (unpaired) electrons. The largest absolute Gasteiger partial charge is 0.326 e. The number of halogens is 1. The van der Waals surface area contributed by atoms with Gasteiger partial charge in [-0.2, -0.15) is 0 Å². The summed E-state index contributed by atoms with van der Waals surface area (Å²) in [6, 6.07) is 14.9. The van der Waals surface area contributed by atoms with E-state index >= 15 is 0 Å². The van der Waals surface area contributed by atoms with Gasteiger partial charge in [-0.05, 0) is 78.6 Å². The van der Waals surface area contributed by atoms with Gasteiger partial charge >= 0.3 is 0 Å². The summed E-state index contributed by atoms with van der Waals surface area (Å²) >= 11 is 7.55. The molecule has 6 nitrogen and oxygen atoms in total. The lowest BCUT2D eigenvalue weighted by atomic mass is 10.1. The van der Waals surface area contributed by atoms with Crippen molar-refractivity contribution in [3.05, 3.63) is 70.2 Å². The molecule has 8 heteroatoms. The molecule has 3 aromatic rings. The predicted molar refractivity (Wildman–Crippen MR) is 130 cm³/mol. The highest BCUT2D eigenvalue weighted by Gasteiger charge is 2.25. The molecule has 0 spiro atoms. The highest BCUT2D eigenvalue weighted by molar-refractivity contribution is 8.18. The number of hydrogen-bond donors (Lipinski definition) is 2. The fraction of sp³-hybridized carbons (Fsp3) is 0.167. The Morgan fingerprint density at radius 3 is 2.97 bits per heavy atom. The zero-order valence-electron chi connectivity index (χ0n) is 17.0. The first-order chi connectivity index (χ1) is 15.5. The number of nitrogens with one attached hydrogen (secondary N) is 2. The molecule has 32 heavy (non-hydrogen) atoms. The van der Waals surface area contributed by atoms with Crippen molar-refractivity contribution in [3.8, 4) is 0 Å². The molecule has 0 atom stereocenters. The molecule has 2 amide bonds. The summed E-state index contributed by atoms with van der Waals surface area (Å²) in [6.07, 6.45) is 6.36. The molecule has 2 heterocycles. The first-order valence-corrected chi connectivity index (χ1v) is 11.5. The average molecular weight is 463 g/mol. The Hall–Kier alpha value is -3.16. The second-order valence-electron chi connectivity index (χ2n) is 7.80. The third kappa shape index (κ3) is 4.84. The van der Waals surface area contributed by atoms with Gasteiger partial charge in [-0.15, -0.1) is 0 Å². The van der Waals surface area contributed by atoms with Crippen LogP contribution in [0.25, 0.3) is 17.0 Å². The van der Waals surface area contributed by atoms with Crippen molar-refractivity contribution < 1.29 is 9.59 Å². The first kappa shape index (κ1) is 20.7. The topological polar surface area (TPSA) is 83.5 Å². The number of nitrogens with zero attached hydrogens (tertiary/aromatic N) is 2. The van der Waals surface area contributed by atoms with Gasteiger partial charge in [0.15, 0.2) is 5.17 Å². The van der Waals surface area contributed by atoms with Crippen LogP contribution in [0.2, 0.25) is 5.02 Å². The predicted octanol–water partition coefficient (Wildman–Crippen LogP) is 5.52. The number of anilines is 1. The number of hydrogen-bond acceptors (Lipinski definition) is 5. The van der Waals surface area contributed by atoms with E-state index in [1.165, 1.54) is 11.8 Å². The standard InChI is InChI=1S/C24H19ClN4O2S/c25-18-7-6-17(27-22(30)12-14-3-4-14)13-20(18)28-24-29-23(31)21(32-24)11-15-5-8-19-16(10-15)2-1-9-26-19/h1-2,5-11,13-14H,3-4,12H2,(H,27,30)(H,28,29,31)/b21-11-. The van der Waals surface area contributed by atoms with Crippen molar-refractivity contribution >= 4 is 68.7 Å². The molecule has 1 aliphatic carbocycles. The van der Waals surface area contributed by atoms with Gasteiger partial charge in [-0.25, -0.2) is 4.99 Å². The molecule has 2 fully saturated rings. The lowest BCUT2D eigenvalue weighted by molar-refractivity contribution is -0.116. The van der Waals surface area contributed by atoms with Gasteiger partial charge in [0.25, 0.3) is 5.91 Å². The lowest BCUT2D eigenvalue weighted by Gasteiger charge is -2.07. The molecule has 1 aromatic heterocycles. The minimum Gasteiger partial charge on any atom is -0.326 e. The van der Waals surface area contributed by atoms with E-state index in [1.54, 1.807) is 24.4 Å². The van der Waals surface area contributed by atoms with E-state index in [1.807, 2.05) is 36.4 Å². The van der Waals surface area contributed by atoms with Crippen LogP contribution in [0, 0.1) is 5.92 Å². The maximum Gasteiger partial charge on any atom is 0.264 e. The van der Waals surface area contributed by atoms with Gasteiger partial charge in [0.2, 0.25) is 5.91 Å². The Kier molecular flexibility index (Phi) is 5.68. The molecule has 2 N–H and O–H groups in total. The monoisotopic (exact) mass is 462 g/mol. The highest BCUT2D eigenvalue weighted by atomic mass is 35.5. The summed E-state index contributed by atoms with van der Waals surface area (Å²) in [7, 11) is 0. The Balaban J connectivity index is 1.34. The number of carbonyl (C=O) groups excluding carboxylic acids is 2. The van der Waals surface area contributed by atoms with Gasteiger partial charge in [0, 0.05) is 23.7 Å². The maximum absolute atomic E-state index is 12.5. The van der Waals surface area contributed by atoms with Crippen LogP contribution in [-0.4, -0.2) is 22.0 Å². The molecule has 2 aromatic carbocycles. The minimum absolute atomic E-state index is 0.00669. The second-order valence-corrected chi connectivity index (χ2v) is 9.24. The number of amides is 2. The van der Waals surface area contributed by atoms with Gasteiger partial charge in [-0.1, -0.05) is 23.7 Å². The van der Waals surface area contributed by atoms with Gasteiger partial charge in [0.05, 0.1) is 21.1 Å². The van der Waals surface area contributed by atoms with Crippen LogP contribution in [0.3, 0.4) is 0 Å². The Morgan fingerprint density at radius 2 is 2.12 bits per heavy atom. The number of benzene rings is 2. The van der Waals surface area contributed by atoms with Crippen molar-refractivity contribution in [2.24, 2.45) is 10.9 Å². The maximum atomic E-state index is 12.5. The van der Waals surface area contributed by atoms with Gasteiger partial charge < -0.3 is 10.6 Å². The van der Waals surface area contributed by atoms with E-state index in [9.17, 15) is 9.59 Å². The van der Waals surface area contributed by atoms with E-state index in [-0.39, 0.29) is 11.8 Å². The van der Waals surface area contributed by atoms with Gasteiger partial charge in [0.1, 0.15) is 0 Å². The SMILES string of the molecule is O=C(CC1CC1)Nc1ccc(Cl)c(N=C2NC(=O)/C(=C/c3ccc4ncccc4c3)S2)c1. The quantitative estimate of drug-likeness (QED) is 0.489. The van der Waals surface area contributed by atoms with Crippen LogP contribution >= 0.6 is 23.4 Å². The summed E-state index contributed by atoms with van der Waals surface area (Å²) in [5.74, 6) is 0.286. The van der Waals surface area contributed by atoms with Crippen molar-refractivity contribution in [2.75, 3.05) is 5.32 Å². The number of thioether (sulfide) groups is 1. The normalized spacial score (nSPS) is 18.3. The van der Waals surface area contributed by atoms with E-state index in [0.717, 1.165) is 29.3 Å². The number of aliphatic imine (C=N–C) groups is 1.